The molecule has 1 aromatic heterocycles. The van der Waals surface area contributed by atoms with Gasteiger partial charge in [-0.3, -0.25) is 4.90 Å². The second-order valence-corrected chi connectivity index (χ2v) is 8.43. The molecule has 0 bridgehead atoms. The maximum absolute atomic E-state index is 4.89. The number of aromatic nitrogens is 1. The van der Waals surface area contributed by atoms with Gasteiger partial charge in [-0.15, -0.1) is 0 Å². The van der Waals surface area contributed by atoms with Crippen molar-refractivity contribution >= 4 is 38.7 Å². The molecule has 6 aromatic rings. The van der Waals surface area contributed by atoms with Crippen LogP contribution in [0.4, 0.5) is 17.2 Å². The molecule has 0 radical (unpaired) electrons. The van der Waals surface area contributed by atoms with Crippen LogP contribution in [0.3, 0.4) is 0 Å². The van der Waals surface area contributed by atoms with E-state index in [0.29, 0.717) is 0 Å². The van der Waals surface area contributed by atoms with E-state index in [9.17, 15) is 0 Å². The molecular weight excluding hydrogens is 400 g/mol. The molecule has 5 aromatic carbocycles. The molecular formula is C31H20N2. The molecule has 0 N–H and O–H groups in total. The molecule has 2 nitrogen and oxygen atoms in total. The maximum Gasteiger partial charge on any atom is 0.145 e. The Morgan fingerprint density at radius 1 is 0.485 bits per heavy atom. The average molecular weight is 421 g/mol. The summed E-state index contributed by atoms with van der Waals surface area (Å²) in [6.45, 7) is 0. The van der Waals surface area contributed by atoms with Gasteiger partial charge in [-0.05, 0) is 57.3 Å². The number of anilines is 3. The van der Waals surface area contributed by atoms with E-state index in [-0.39, 0.29) is 0 Å². The topological polar surface area (TPSA) is 16.1 Å². The van der Waals surface area contributed by atoms with Crippen molar-refractivity contribution in [3.8, 4) is 22.3 Å². The van der Waals surface area contributed by atoms with Crippen LogP contribution in [-0.4, -0.2) is 4.98 Å². The molecule has 0 saturated heterocycles. The lowest BCUT2D eigenvalue weighted by Crippen LogP contribution is -2.12. The second kappa shape index (κ2) is 7.04. The zero-order valence-corrected chi connectivity index (χ0v) is 17.9. The number of para-hydroxylation sites is 1. The Morgan fingerprint density at radius 3 is 2.00 bits per heavy atom. The predicted octanol–water partition coefficient (Wildman–Crippen LogP) is 8.51. The van der Waals surface area contributed by atoms with Crippen LogP contribution in [-0.2, 0) is 0 Å². The van der Waals surface area contributed by atoms with Gasteiger partial charge < -0.3 is 0 Å². The highest BCUT2D eigenvalue weighted by molar-refractivity contribution is 6.19. The van der Waals surface area contributed by atoms with Crippen LogP contribution in [0.15, 0.2) is 121 Å². The van der Waals surface area contributed by atoms with Crippen LogP contribution in [0, 0.1) is 0 Å². The third-order valence-corrected chi connectivity index (χ3v) is 6.64. The van der Waals surface area contributed by atoms with Gasteiger partial charge in [-0.1, -0.05) is 91.0 Å². The molecule has 0 amide bonds. The summed E-state index contributed by atoms with van der Waals surface area (Å²) < 4.78 is 0. The van der Waals surface area contributed by atoms with Gasteiger partial charge >= 0.3 is 0 Å². The SMILES string of the molecule is c1ccc(N(c2nccc3ccccc23)c2ccc3c4c(cccc24)-c2ccccc2-3)cc1. The molecule has 0 aliphatic heterocycles. The summed E-state index contributed by atoms with van der Waals surface area (Å²) in [4.78, 5) is 7.19. The summed E-state index contributed by atoms with van der Waals surface area (Å²) in [6, 6.07) is 41.0. The van der Waals surface area contributed by atoms with E-state index in [0.717, 1.165) is 22.6 Å². The number of hydrogen-bond acceptors (Lipinski definition) is 2. The van der Waals surface area contributed by atoms with Crippen molar-refractivity contribution in [2.24, 2.45) is 0 Å². The van der Waals surface area contributed by atoms with Gasteiger partial charge in [0.25, 0.3) is 0 Å². The fourth-order valence-corrected chi connectivity index (χ4v) is 5.22. The first-order valence-electron chi connectivity index (χ1n) is 11.2. The first-order chi connectivity index (χ1) is 16.4. The largest absolute Gasteiger partial charge is 0.294 e. The minimum Gasteiger partial charge on any atom is -0.294 e. The van der Waals surface area contributed by atoms with Crippen LogP contribution in [0.2, 0.25) is 0 Å². The third-order valence-electron chi connectivity index (χ3n) is 6.64. The molecule has 0 atom stereocenters. The van der Waals surface area contributed by atoms with E-state index >= 15 is 0 Å². The van der Waals surface area contributed by atoms with E-state index in [2.05, 4.69) is 120 Å². The molecule has 154 valence electrons. The molecule has 2 heteroatoms. The lowest BCUT2D eigenvalue weighted by molar-refractivity contribution is 1.21. The number of pyridine rings is 1. The number of nitrogens with zero attached hydrogens (tertiary/aromatic N) is 2. The van der Waals surface area contributed by atoms with Crippen molar-refractivity contribution in [2.45, 2.75) is 0 Å². The Bertz CT molecular complexity index is 1630. The highest BCUT2D eigenvalue weighted by atomic mass is 15.2. The van der Waals surface area contributed by atoms with Crippen molar-refractivity contribution in [2.75, 3.05) is 4.90 Å². The number of fused-ring (bicyclic) bond motifs is 4. The minimum absolute atomic E-state index is 0.940. The van der Waals surface area contributed by atoms with Gasteiger partial charge in [0.1, 0.15) is 5.82 Å². The van der Waals surface area contributed by atoms with Gasteiger partial charge in [-0.2, -0.15) is 0 Å². The highest BCUT2D eigenvalue weighted by Crippen LogP contribution is 2.51. The molecule has 0 fully saturated rings. The molecule has 1 aliphatic rings. The quantitative estimate of drug-likeness (QED) is 0.285. The first-order valence-corrected chi connectivity index (χ1v) is 11.2. The lowest BCUT2D eigenvalue weighted by atomic mass is 10.00. The van der Waals surface area contributed by atoms with Crippen molar-refractivity contribution in [3.05, 3.63) is 121 Å². The summed E-state index contributed by atoms with van der Waals surface area (Å²) in [5.41, 5.74) is 7.46. The molecule has 7 rings (SSSR count). The van der Waals surface area contributed by atoms with Crippen molar-refractivity contribution in [1.82, 2.24) is 4.98 Å². The van der Waals surface area contributed by atoms with Crippen LogP contribution < -0.4 is 4.90 Å². The van der Waals surface area contributed by atoms with Gasteiger partial charge in [0.2, 0.25) is 0 Å². The van der Waals surface area contributed by atoms with Crippen molar-refractivity contribution in [1.29, 1.82) is 0 Å². The van der Waals surface area contributed by atoms with E-state index in [1.54, 1.807) is 0 Å². The summed E-state index contributed by atoms with van der Waals surface area (Å²) in [7, 11) is 0. The predicted molar refractivity (Wildman–Crippen MR) is 138 cm³/mol. The fourth-order valence-electron chi connectivity index (χ4n) is 5.22. The Balaban J connectivity index is 1.57. The van der Waals surface area contributed by atoms with Crippen LogP contribution in [0.5, 0.6) is 0 Å². The monoisotopic (exact) mass is 420 g/mol. The molecule has 1 aliphatic carbocycles. The normalized spacial score (nSPS) is 11.6. The molecule has 0 unspecified atom stereocenters. The molecule has 1 heterocycles. The molecule has 0 spiro atoms. The van der Waals surface area contributed by atoms with Crippen LogP contribution in [0.25, 0.3) is 43.8 Å². The van der Waals surface area contributed by atoms with E-state index in [4.69, 9.17) is 4.98 Å². The molecule has 0 saturated carbocycles. The van der Waals surface area contributed by atoms with Crippen LogP contribution >= 0.6 is 0 Å². The zero-order chi connectivity index (χ0) is 21.8. The fraction of sp³-hybridized carbons (Fsp3) is 0. The summed E-state index contributed by atoms with van der Waals surface area (Å²) in [6.07, 6.45) is 1.91. The van der Waals surface area contributed by atoms with Gasteiger partial charge in [0.05, 0.1) is 5.69 Å². The zero-order valence-electron chi connectivity index (χ0n) is 17.9. The van der Waals surface area contributed by atoms with E-state index in [1.165, 1.54) is 38.4 Å². The minimum atomic E-state index is 0.940. The van der Waals surface area contributed by atoms with Gasteiger partial charge in [0, 0.05) is 22.7 Å². The highest BCUT2D eigenvalue weighted by Gasteiger charge is 2.25. The molecule has 33 heavy (non-hydrogen) atoms. The van der Waals surface area contributed by atoms with Crippen molar-refractivity contribution < 1.29 is 0 Å². The average Bonchev–Trinajstić information content (AvgIpc) is 3.22. The second-order valence-electron chi connectivity index (χ2n) is 8.43. The summed E-state index contributed by atoms with van der Waals surface area (Å²) in [5, 5.41) is 4.87. The summed E-state index contributed by atoms with van der Waals surface area (Å²) in [5.74, 6) is 0.940. The van der Waals surface area contributed by atoms with E-state index in [1.807, 2.05) is 6.20 Å². The Hall–Kier alpha value is -4.43. The Morgan fingerprint density at radius 2 is 1.15 bits per heavy atom. The first kappa shape index (κ1) is 18.2. The van der Waals surface area contributed by atoms with Gasteiger partial charge in [0.15, 0.2) is 0 Å². The van der Waals surface area contributed by atoms with Crippen LogP contribution in [0.1, 0.15) is 0 Å². The van der Waals surface area contributed by atoms with Gasteiger partial charge in [-0.25, -0.2) is 4.98 Å². The number of benzene rings is 5. The Labute approximate surface area is 192 Å². The Kier molecular flexibility index (Phi) is 3.88. The standard InChI is InChI=1S/C31H20N2/c1-2-10-22(11-3-1)33(31-23-12-5-4-9-21(23)19-20-32-31)29-18-17-27-25-14-7-6-13-24(25)26-15-8-16-28(29)30(26)27/h1-20H. The number of rotatable bonds is 3. The third kappa shape index (κ3) is 2.64. The number of hydrogen-bond donors (Lipinski definition) is 0. The summed E-state index contributed by atoms with van der Waals surface area (Å²) >= 11 is 0. The van der Waals surface area contributed by atoms with E-state index < -0.39 is 0 Å². The smallest absolute Gasteiger partial charge is 0.145 e. The van der Waals surface area contributed by atoms with Crippen molar-refractivity contribution in [3.63, 3.8) is 0 Å². The maximum atomic E-state index is 4.89. The lowest BCUT2D eigenvalue weighted by Gasteiger charge is -2.27.